The molecule has 0 aromatic carbocycles. The molecule has 104 valence electrons. The summed E-state index contributed by atoms with van der Waals surface area (Å²) < 4.78 is 5.41. The van der Waals surface area contributed by atoms with E-state index in [4.69, 9.17) is 15.7 Å². The molecule has 3 N–H and O–H groups in total. The normalized spacial score (nSPS) is 20.4. The van der Waals surface area contributed by atoms with Crippen molar-refractivity contribution >= 4 is 11.7 Å². The number of oxime groups is 1. The van der Waals surface area contributed by atoms with E-state index in [-0.39, 0.29) is 17.8 Å². The molecule has 1 saturated heterocycles. The zero-order valence-electron chi connectivity index (χ0n) is 11.1. The summed E-state index contributed by atoms with van der Waals surface area (Å²) in [6, 6.07) is 0. The Kier molecular flexibility index (Phi) is 5.91. The summed E-state index contributed by atoms with van der Waals surface area (Å²) in [7, 11) is 0. The van der Waals surface area contributed by atoms with Crippen molar-refractivity contribution in [3.8, 4) is 0 Å². The minimum Gasteiger partial charge on any atom is -0.409 e. The second-order valence-electron chi connectivity index (χ2n) is 5.02. The van der Waals surface area contributed by atoms with Gasteiger partial charge in [-0.05, 0) is 18.8 Å². The van der Waals surface area contributed by atoms with Crippen LogP contribution in [0.1, 0.15) is 33.1 Å². The minimum absolute atomic E-state index is 0.0203. The number of ether oxygens (including phenoxy) is 1. The Hall–Kier alpha value is -1.30. The number of amides is 1. The van der Waals surface area contributed by atoms with Gasteiger partial charge in [0.25, 0.3) is 5.91 Å². The van der Waals surface area contributed by atoms with Crippen LogP contribution in [0.4, 0.5) is 0 Å². The van der Waals surface area contributed by atoms with Gasteiger partial charge in [-0.2, -0.15) is 0 Å². The zero-order chi connectivity index (χ0) is 13.5. The van der Waals surface area contributed by atoms with Crippen LogP contribution in [0.3, 0.4) is 0 Å². The molecule has 1 rings (SSSR count). The monoisotopic (exact) mass is 257 g/mol. The van der Waals surface area contributed by atoms with E-state index >= 15 is 0 Å². The summed E-state index contributed by atoms with van der Waals surface area (Å²) in [6.45, 7) is 5.90. The Morgan fingerprint density at radius 3 is 2.83 bits per heavy atom. The standard InChI is InChI=1S/C12H23N3O3/c1-9(2)8-15(6-5-11(13)14-17)12(16)10-4-3-7-18-10/h9-10,17H,3-8H2,1-2H3,(H2,13,14). The molecule has 1 unspecified atom stereocenters. The van der Waals surface area contributed by atoms with Crippen molar-refractivity contribution in [3.05, 3.63) is 0 Å². The fourth-order valence-electron chi connectivity index (χ4n) is 2.01. The average Bonchev–Trinajstić information content (AvgIpc) is 2.86. The van der Waals surface area contributed by atoms with Crippen LogP contribution >= 0.6 is 0 Å². The molecule has 0 saturated carbocycles. The topological polar surface area (TPSA) is 88.1 Å². The third kappa shape index (κ3) is 4.52. The van der Waals surface area contributed by atoms with Gasteiger partial charge in [0.05, 0.1) is 0 Å². The number of nitrogens with zero attached hydrogens (tertiary/aromatic N) is 2. The van der Waals surface area contributed by atoms with E-state index in [0.29, 0.717) is 32.0 Å². The van der Waals surface area contributed by atoms with Crippen molar-refractivity contribution in [2.45, 2.75) is 39.2 Å². The van der Waals surface area contributed by atoms with E-state index in [2.05, 4.69) is 19.0 Å². The van der Waals surface area contributed by atoms with Crippen LogP contribution in [0, 0.1) is 5.92 Å². The number of carbonyl (C=O) groups is 1. The smallest absolute Gasteiger partial charge is 0.251 e. The van der Waals surface area contributed by atoms with E-state index in [0.717, 1.165) is 12.8 Å². The second-order valence-corrected chi connectivity index (χ2v) is 5.02. The minimum atomic E-state index is -0.309. The maximum Gasteiger partial charge on any atom is 0.251 e. The van der Waals surface area contributed by atoms with Gasteiger partial charge in [-0.1, -0.05) is 19.0 Å². The summed E-state index contributed by atoms with van der Waals surface area (Å²) in [6.07, 6.45) is 1.79. The van der Waals surface area contributed by atoms with Crippen LogP contribution in [0.25, 0.3) is 0 Å². The van der Waals surface area contributed by atoms with E-state index in [9.17, 15) is 4.79 Å². The van der Waals surface area contributed by atoms with Gasteiger partial charge >= 0.3 is 0 Å². The number of nitrogens with two attached hydrogens (primary N) is 1. The predicted molar refractivity (Wildman–Crippen MR) is 68.4 cm³/mol. The highest BCUT2D eigenvalue weighted by atomic mass is 16.5. The lowest BCUT2D eigenvalue weighted by atomic mass is 10.1. The highest BCUT2D eigenvalue weighted by Crippen LogP contribution is 2.15. The summed E-state index contributed by atoms with van der Waals surface area (Å²) >= 11 is 0. The lowest BCUT2D eigenvalue weighted by molar-refractivity contribution is -0.141. The van der Waals surface area contributed by atoms with Crippen molar-refractivity contribution in [1.29, 1.82) is 0 Å². The molecule has 0 aromatic heterocycles. The molecule has 1 fully saturated rings. The quantitative estimate of drug-likeness (QED) is 0.318. The summed E-state index contributed by atoms with van der Waals surface area (Å²) in [5, 5.41) is 11.4. The number of hydrogen-bond donors (Lipinski definition) is 2. The van der Waals surface area contributed by atoms with E-state index in [1.165, 1.54) is 0 Å². The maximum absolute atomic E-state index is 12.2. The molecule has 1 atom stereocenters. The molecule has 1 heterocycles. The van der Waals surface area contributed by atoms with Gasteiger partial charge in [-0.15, -0.1) is 0 Å². The lowest BCUT2D eigenvalue weighted by Crippen LogP contribution is -2.42. The van der Waals surface area contributed by atoms with Gasteiger partial charge in [0.2, 0.25) is 0 Å². The Labute approximate surface area is 108 Å². The highest BCUT2D eigenvalue weighted by Gasteiger charge is 2.28. The van der Waals surface area contributed by atoms with Crippen molar-refractivity contribution in [2.24, 2.45) is 16.8 Å². The molecule has 0 aliphatic carbocycles. The van der Waals surface area contributed by atoms with Gasteiger partial charge in [-0.3, -0.25) is 4.79 Å². The van der Waals surface area contributed by atoms with Crippen LogP contribution < -0.4 is 5.73 Å². The van der Waals surface area contributed by atoms with Crippen LogP contribution in [-0.2, 0) is 9.53 Å². The van der Waals surface area contributed by atoms with Crippen molar-refractivity contribution in [2.75, 3.05) is 19.7 Å². The predicted octanol–water partition coefficient (Wildman–Crippen LogP) is 0.787. The molecular weight excluding hydrogens is 234 g/mol. The first-order valence-corrected chi connectivity index (χ1v) is 6.41. The first-order chi connectivity index (χ1) is 8.54. The Morgan fingerprint density at radius 1 is 1.61 bits per heavy atom. The number of hydrogen-bond acceptors (Lipinski definition) is 4. The summed E-state index contributed by atoms with van der Waals surface area (Å²) in [5.41, 5.74) is 5.44. The van der Waals surface area contributed by atoms with Gasteiger partial charge in [0, 0.05) is 26.1 Å². The Balaban J connectivity index is 2.55. The second kappa shape index (κ2) is 7.20. The van der Waals surface area contributed by atoms with Gasteiger partial charge in [0.15, 0.2) is 0 Å². The fraction of sp³-hybridized carbons (Fsp3) is 0.833. The van der Waals surface area contributed by atoms with E-state index in [1.807, 2.05) is 0 Å². The van der Waals surface area contributed by atoms with Crippen LogP contribution in [0.15, 0.2) is 5.16 Å². The van der Waals surface area contributed by atoms with Crippen molar-refractivity contribution < 1.29 is 14.7 Å². The molecule has 0 spiro atoms. The van der Waals surface area contributed by atoms with Gasteiger partial charge in [0.1, 0.15) is 11.9 Å². The molecule has 0 aromatic rings. The number of carbonyl (C=O) groups excluding carboxylic acids is 1. The number of amidine groups is 1. The van der Waals surface area contributed by atoms with E-state index < -0.39 is 0 Å². The van der Waals surface area contributed by atoms with Crippen molar-refractivity contribution in [1.82, 2.24) is 4.90 Å². The average molecular weight is 257 g/mol. The lowest BCUT2D eigenvalue weighted by Gasteiger charge is -2.26. The van der Waals surface area contributed by atoms with Crippen LogP contribution in [0.5, 0.6) is 0 Å². The Morgan fingerprint density at radius 2 is 2.33 bits per heavy atom. The molecule has 1 aliphatic heterocycles. The number of rotatable bonds is 6. The molecular formula is C12H23N3O3. The first-order valence-electron chi connectivity index (χ1n) is 6.41. The summed E-state index contributed by atoms with van der Waals surface area (Å²) in [5.74, 6) is 0.540. The molecule has 6 heteroatoms. The Bertz CT molecular complexity index is 299. The SMILES string of the molecule is CC(C)CN(CCC(N)=NO)C(=O)C1CCCO1. The van der Waals surface area contributed by atoms with Crippen molar-refractivity contribution in [3.63, 3.8) is 0 Å². The van der Waals surface area contributed by atoms with Crippen LogP contribution in [-0.4, -0.2) is 47.7 Å². The third-order valence-corrected chi connectivity index (χ3v) is 2.87. The fourth-order valence-corrected chi connectivity index (χ4v) is 2.01. The zero-order valence-corrected chi connectivity index (χ0v) is 11.1. The summed E-state index contributed by atoms with van der Waals surface area (Å²) in [4.78, 5) is 14.0. The molecule has 1 aliphatic rings. The maximum atomic E-state index is 12.2. The molecule has 1 amide bonds. The molecule has 0 bridgehead atoms. The largest absolute Gasteiger partial charge is 0.409 e. The van der Waals surface area contributed by atoms with Crippen LogP contribution in [0.2, 0.25) is 0 Å². The van der Waals surface area contributed by atoms with Gasteiger partial charge < -0.3 is 20.6 Å². The molecule has 0 radical (unpaired) electrons. The molecule has 18 heavy (non-hydrogen) atoms. The van der Waals surface area contributed by atoms with E-state index in [1.54, 1.807) is 4.90 Å². The first kappa shape index (κ1) is 14.8. The molecule has 6 nitrogen and oxygen atoms in total. The van der Waals surface area contributed by atoms with Gasteiger partial charge in [-0.25, -0.2) is 0 Å². The highest BCUT2D eigenvalue weighted by molar-refractivity contribution is 5.83. The third-order valence-electron chi connectivity index (χ3n) is 2.87.